The van der Waals surface area contributed by atoms with Crippen molar-refractivity contribution in [1.29, 1.82) is 0 Å². The number of hydrogen-bond acceptors (Lipinski definition) is 4. The first-order chi connectivity index (χ1) is 9.34. The average molecular weight is 397 g/mol. The third-order valence-corrected chi connectivity index (χ3v) is 4.85. The molecule has 1 unspecified atom stereocenters. The molecule has 0 aromatic rings. The highest BCUT2D eigenvalue weighted by molar-refractivity contribution is 14.1. The second-order valence-electron chi connectivity index (χ2n) is 6.60. The molecule has 2 saturated heterocycles. The molecule has 0 bridgehead atoms. The van der Waals surface area contributed by atoms with Crippen molar-refractivity contribution in [3.8, 4) is 0 Å². The second kappa shape index (κ2) is 6.36. The lowest BCUT2D eigenvalue weighted by molar-refractivity contribution is -0.196. The number of rotatable bonds is 3. The van der Waals surface area contributed by atoms with Gasteiger partial charge in [0.05, 0.1) is 25.4 Å². The number of piperidine rings is 1. The molecule has 2 aliphatic rings. The highest BCUT2D eigenvalue weighted by atomic mass is 127. The molecule has 116 valence electrons. The lowest BCUT2D eigenvalue weighted by Gasteiger charge is -2.45. The zero-order valence-corrected chi connectivity index (χ0v) is 14.6. The molecule has 2 aliphatic heterocycles. The number of nitrogens with zero attached hydrogens (tertiary/aromatic N) is 1. The van der Waals surface area contributed by atoms with Crippen LogP contribution in [-0.4, -0.2) is 59.0 Å². The van der Waals surface area contributed by atoms with Gasteiger partial charge in [-0.2, -0.15) is 0 Å². The summed E-state index contributed by atoms with van der Waals surface area (Å²) in [6.45, 7) is 8.38. The maximum Gasteiger partial charge on any atom is 0.410 e. The van der Waals surface area contributed by atoms with Crippen LogP contribution in [0.5, 0.6) is 0 Å². The van der Waals surface area contributed by atoms with Crippen molar-refractivity contribution in [2.45, 2.75) is 50.9 Å². The summed E-state index contributed by atoms with van der Waals surface area (Å²) in [6.07, 6.45) is 1.89. The van der Waals surface area contributed by atoms with Crippen LogP contribution in [0.15, 0.2) is 0 Å². The SMILES string of the molecule is CC(C)(C)OC(=O)N1CCCC(CI)(OC2COC2)C1. The van der Waals surface area contributed by atoms with E-state index >= 15 is 0 Å². The van der Waals surface area contributed by atoms with Crippen molar-refractivity contribution in [1.82, 2.24) is 4.90 Å². The number of carbonyl (C=O) groups excluding carboxylic acids is 1. The van der Waals surface area contributed by atoms with Crippen LogP contribution in [0.2, 0.25) is 0 Å². The molecule has 20 heavy (non-hydrogen) atoms. The zero-order chi connectivity index (χ0) is 14.8. The summed E-state index contributed by atoms with van der Waals surface area (Å²) in [5.41, 5.74) is -0.700. The quantitative estimate of drug-likeness (QED) is 0.543. The zero-order valence-electron chi connectivity index (χ0n) is 12.5. The highest BCUT2D eigenvalue weighted by Gasteiger charge is 2.41. The molecule has 0 saturated carbocycles. The van der Waals surface area contributed by atoms with Crippen LogP contribution in [0.25, 0.3) is 0 Å². The molecule has 5 nitrogen and oxygen atoms in total. The Labute approximate surface area is 134 Å². The molecule has 2 fully saturated rings. The van der Waals surface area contributed by atoms with Gasteiger partial charge >= 0.3 is 6.09 Å². The van der Waals surface area contributed by atoms with Crippen LogP contribution in [0.1, 0.15) is 33.6 Å². The van der Waals surface area contributed by atoms with Crippen LogP contribution in [0, 0.1) is 0 Å². The van der Waals surface area contributed by atoms with Gasteiger partial charge in [-0.05, 0) is 33.6 Å². The van der Waals surface area contributed by atoms with E-state index in [9.17, 15) is 4.79 Å². The number of likely N-dealkylation sites (tertiary alicyclic amines) is 1. The summed E-state index contributed by atoms with van der Waals surface area (Å²) in [5.74, 6) is 0. The van der Waals surface area contributed by atoms with Crippen molar-refractivity contribution in [2.24, 2.45) is 0 Å². The van der Waals surface area contributed by atoms with Gasteiger partial charge in [-0.1, -0.05) is 22.6 Å². The molecule has 2 heterocycles. The van der Waals surface area contributed by atoms with Gasteiger partial charge in [0.15, 0.2) is 0 Å². The Morgan fingerprint density at radius 2 is 2.15 bits per heavy atom. The van der Waals surface area contributed by atoms with Crippen molar-refractivity contribution >= 4 is 28.7 Å². The Balaban J connectivity index is 1.96. The Bertz CT molecular complexity index is 354. The number of amides is 1. The van der Waals surface area contributed by atoms with Crippen LogP contribution in [0.3, 0.4) is 0 Å². The molecule has 0 aromatic carbocycles. The van der Waals surface area contributed by atoms with E-state index in [2.05, 4.69) is 22.6 Å². The molecule has 1 amide bonds. The molecule has 6 heteroatoms. The van der Waals surface area contributed by atoms with E-state index in [1.54, 1.807) is 4.90 Å². The summed E-state index contributed by atoms with van der Waals surface area (Å²) in [4.78, 5) is 14.0. The predicted octanol–water partition coefficient (Wildman–Crippen LogP) is 2.61. The largest absolute Gasteiger partial charge is 0.444 e. The molecule has 0 N–H and O–H groups in total. The van der Waals surface area contributed by atoms with Crippen LogP contribution < -0.4 is 0 Å². The van der Waals surface area contributed by atoms with Gasteiger partial charge in [-0.3, -0.25) is 0 Å². The molecule has 2 rings (SSSR count). The normalized spacial score (nSPS) is 28.1. The monoisotopic (exact) mass is 397 g/mol. The first-order valence-electron chi connectivity index (χ1n) is 7.13. The molecular weight excluding hydrogens is 373 g/mol. The minimum atomic E-state index is -0.454. The summed E-state index contributed by atoms with van der Waals surface area (Å²) in [6, 6.07) is 0. The first-order valence-corrected chi connectivity index (χ1v) is 8.66. The van der Waals surface area contributed by atoms with E-state index in [0.717, 1.165) is 23.8 Å². The molecule has 0 aliphatic carbocycles. The van der Waals surface area contributed by atoms with E-state index < -0.39 is 5.60 Å². The van der Waals surface area contributed by atoms with Crippen LogP contribution in [-0.2, 0) is 14.2 Å². The first kappa shape index (κ1) is 16.3. The van der Waals surface area contributed by atoms with E-state index in [-0.39, 0.29) is 17.8 Å². The van der Waals surface area contributed by atoms with Crippen LogP contribution >= 0.6 is 22.6 Å². The molecule has 0 spiro atoms. The third-order valence-electron chi connectivity index (χ3n) is 3.46. The Morgan fingerprint density at radius 1 is 1.45 bits per heavy atom. The van der Waals surface area contributed by atoms with Crippen LogP contribution in [0.4, 0.5) is 4.79 Å². The van der Waals surface area contributed by atoms with Crippen molar-refractivity contribution in [3.05, 3.63) is 0 Å². The minimum Gasteiger partial charge on any atom is -0.444 e. The Morgan fingerprint density at radius 3 is 2.65 bits per heavy atom. The number of ether oxygens (including phenoxy) is 3. The summed E-state index contributed by atoms with van der Waals surface area (Å²) in [7, 11) is 0. The lowest BCUT2D eigenvalue weighted by Crippen LogP contribution is -2.57. The molecular formula is C14H24INO4. The Hall–Kier alpha value is -0.0800. The minimum absolute atomic E-state index is 0.184. The fourth-order valence-corrected chi connectivity index (χ4v) is 3.26. The van der Waals surface area contributed by atoms with E-state index in [1.807, 2.05) is 20.8 Å². The fraction of sp³-hybridized carbons (Fsp3) is 0.929. The maximum atomic E-state index is 12.2. The summed E-state index contributed by atoms with van der Waals surface area (Å²) < 4.78 is 17.7. The molecule has 0 radical (unpaired) electrons. The van der Waals surface area contributed by atoms with E-state index in [0.29, 0.717) is 19.8 Å². The van der Waals surface area contributed by atoms with E-state index in [1.165, 1.54) is 0 Å². The van der Waals surface area contributed by atoms with Gasteiger partial charge in [0.25, 0.3) is 0 Å². The van der Waals surface area contributed by atoms with Gasteiger partial charge in [0.2, 0.25) is 0 Å². The number of halogens is 1. The molecule has 1 atom stereocenters. The van der Waals surface area contributed by atoms with Crippen molar-refractivity contribution in [2.75, 3.05) is 30.7 Å². The van der Waals surface area contributed by atoms with Crippen molar-refractivity contribution < 1.29 is 19.0 Å². The molecule has 0 aromatic heterocycles. The number of hydrogen-bond donors (Lipinski definition) is 0. The Kier molecular flexibility index (Phi) is 5.18. The summed E-state index contributed by atoms with van der Waals surface area (Å²) >= 11 is 2.35. The van der Waals surface area contributed by atoms with Gasteiger partial charge in [-0.25, -0.2) is 4.79 Å². The third kappa shape index (κ3) is 4.21. The van der Waals surface area contributed by atoms with Gasteiger partial charge in [0.1, 0.15) is 11.7 Å². The summed E-state index contributed by atoms with van der Waals surface area (Å²) in [5, 5.41) is 0. The van der Waals surface area contributed by atoms with E-state index in [4.69, 9.17) is 14.2 Å². The van der Waals surface area contributed by atoms with Gasteiger partial charge in [0, 0.05) is 11.0 Å². The second-order valence-corrected chi connectivity index (χ2v) is 7.36. The van der Waals surface area contributed by atoms with Crippen molar-refractivity contribution in [3.63, 3.8) is 0 Å². The van der Waals surface area contributed by atoms with Gasteiger partial charge in [-0.15, -0.1) is 0 Å². The van der Waals surface area contributed by atoms with Gasteiger partial charge < -0.3 is 19.1 Å². The maximum absolute atomic E-state index is 12.2. The predicted molar refractivity (Wildman–Crippen MR) is 84.4 cm³/mol. The number of alkyl halides is 1. The fourth-order valence-electron chi connectivity index (χ4n) is 2.45. The highest BCUT2D eigenvalue weighted by Crippen LogP contribution is 2.31. The number of carbonyl (C=O) groups is 1. The smallest absolute Gasteiger partial charge is 0.410 e. The topological polar surface area (TPSA) is 48.0 Å². The lowest BCUT2D eigenvalue weighted by atomic mass is 9.94. The average Bonchev–Trinajstić information content (AvgIpc) is 2.32. The standard InChI is InChI=1S/C14H24INO4/c1-13(2,3)20-12(17)16-6-4-5-14(9-15,10-16)19-11-7-18-8-11/h11H,4-10H2,1-3H3.